The fourth-order valence-electron chi connectivity index (χ4n) is 3.29. The highest BCUT2D eigenvalue weighted by atomic mass is 16.1. The first-order valence-corrected chi connectivity index (χ1v) is 9.13. The maximum absolute atomic E-state index is 8.35. The normalized spacial score (nSPS) is 10.4. The van der Waals surface area contributed by atoms with Crippen LogP contribution >= 0.6 is 0 Å². The summed E-state index contributed by atoms with van der Waals surface area (Å²) in [4.78, 5) is 16.7. The molecule has 142 valence electrons. The molecule has 2 N–H and O–H groups in total. The molecule has 3 rings (SSSR count). The van der Waals surface area contributed by atoms with Crippen molar-refractivity contribution in [1.82, 2.24) is 0 Å². The molecule has 0 unspecified atom stereocenters. The summed E-state index contributed by atoms with van der Waals surface area (Å²) in [5, 5.41) is 16.7. The van der Waals surface area contributed by atoms with Crippen molar-refractivity contribution in [3.63, 3.8) is 0 Å². The fourth-order valence-corrected chi connectivity index (χ4v) is 3.29. The van der Waals surface area contributed by atoms with Crippen LogP contribution in [0.4, 0.5) is 0 Å². The minimum atomic E-state index is 0.577. The molecule has 0 heterocycles. The summed E-state index contributed by atoms with van der Waals surface area (Å²) in [6, 6.07) is 11.9. The van der Waals surface area contributed by atoms with Gasteiger partial charge in [-0.25, -0.2) is 20.4 Å². The molecule has 1 aliphatic carbocycles. The van der Waals surface area contributed by atoms with E-state index in [0.717, 1.165) is 12.2 Å². The quantitative estimate of drug-likeness (QED) is 0.458. The third-order valence-corrected chi connectivity index (χ3v) is 4.75. The minimum absolute atomic E-state index is 0.577. The van der Waals surface area contributed by atoms with Crippen LogP contribution in [0.15, 0.2) is 30.3 Å². The Balaban J connectivity index is 0.000000540. The van der Waals surface area contributed by atoms with E-state index in [0.29, 0.717) is 17.8 Å². The summed E-state index contributed by atoms with van der Waals surface area (Å²) in [5.41, 5.74) is 4.43. The zero-order valence-electron chi connectivity index (χ0n) is 16.9. The molecule has 0 bridgehead atoms. The summed E-state index contributed by atoms with van der Waals surface area (Å²) in [6.45, 7) is 13.7. The monoisotopic (exact) mass is 364 g/mol. The van der Waals surface area contributed by atoms with E-state index in [4.69, 9.17) is 20.4 Å². The summed E-state index contributed by atoms with van der Waals surface area (Å²) < 4.78 is 0. The first-order valence-electron chi connectivity index (χ1n) is 9.13. The SMILES string of the molecule is CC(C)c1ccc2c(c1)=c1c(C(C)C)cc(C(C)C)cc1=2.N=C=O.N=C=O. The molecule has 0 atom stereocenters. The van der Waals surface area contributed by atoms with Crippen LogP contribution in [0.2, 0.25) is 0 Å². The van der Waals surface area contributed by atoms with Gasteiger partial charge in [0.05, 0.1) is 0 Å². The molecule has 0 spiro atoms. The van der Waals surface area contributed by atoms with Crippen LogP contribution in [0, 0.1) is 31.7 Å². The van der Waals surface area contributed by atoms with Crippen LogP contribution in [0.1, 0.15) is 76.0 Å². The summed E-state index contributed by atoms with van der Waals surface area (Å²) in [5.74, 6) is 1.76. The van der Waals surface area contributed by atoms with Gasteiger partial charge in [0.1, 0.15) is 0 Å². The van der Waals surface area contributed by atoms with Crippen molar-refractivity contribution in [2.75, 3.05) is 0 Å². The van der Waals surface area contributed by atoms with E-state index in [1.165, 1.54) is 37.6 Å². The molecule has 0 aromatic heterocycles. The second-order valence-electron chi connectivity index (χ2n) is 7.51. The zero-order chi connectivity index (χ0) is 20.7. The Morgan fingerprint density at radius 2 is 1.15 bits per heavy atom. The lowest BCUT2D eigenvalue weighted by atomic mass is 9.86. The second kappa shape index (κ2) is 9.78. The smallest absolute Gasteiger partial charge is 0.222 e. The van der Waals surface area contributed by atoms with Crippen LogP contribution in [0.25, 0.3) is 0 Å². The van der Waals surface area contributed by atoms with Gasteiger partial charge in [0.15, 0.2) is 0 Å². The van der Waals surface area contributed by atoms with Crippen molar-refractivity contribution in [3.05, 3.63) is 67.9 Å². The fraction of sp³-hybridized carbons (Fsp3) is 0.391. The molecular weight excluding hydrogens is 336 g/mol. The summed E-state index contributed by atoms with van der Waals surface area (Å²) in [6.07, 6.45) is 1.50. The van der Waals surface area contributed by atoms with Crippen molar-refractivity contribution in [3.8, 4) is 0 Å². The number of hydrogen-bond donors (Lipinski definition) is 2. The molecule has 4 heteroatoms. The first-order chi connectivity index (χ1) is 12.7. The molecule has 0 saturated carbocycles. The molecule has 2 aromatic carbocycles. The van der Waals surface area contributed by atoms with Crippen LogP contribution in [-0.2, 0) is 9.59 Å². The Morgan fingerprint density at radius 1 is 0.667 bits per heavy atom. The topological polar surface area (TPSA) is 81.8 Å². The van der Waals surface area contributed by atoms with E-state index in [1.54, 1.807) is 0 Å². The molecule has 0 aliphatic heterocycles. The van der Waals surface area contributed by atoms with Gasteiger partial charge >= 0.3 is 0 Å². The van der Waals surface area contributed by atoms with E-state index in [9.17, 15) is 0 Å². The average Bonchev–Trinajstić information content (AvgIpc) is 2.59. The van der Waals surface area contributed by atoms with Crippen LogP contribution in [0.3, 0.4) is 0 Å². The number of hydrogen-bond acceptors (Lipinski definition) is 4. The molecule has 0 radical (unpaired) electrons. The van der Waals surface area contributed by atoms with Crippen molar-refractivity contribution in [2.24, 2.45) is 0 Å². The minimum Gasteiger partial charge on any atom is -0.222 e. The predicted molar refractivity (Wildman–Crippen MR) is 107 cm³/mol. The molecule has 27 heavy (non-hydrogen) atoms. The number of benzene rings is 2. The van der Waals surface area contributed by atoms with Gasteiger partial charge in [-0.15, -0.1) is 0 Å². The Labute approximate surface area is 160 Å². The summed E-state index contributed by atoms with van der Waals surface area (Å²) in [7, 11) is 0. The molecule has 0 fully saturated rings. The lowest BCUT2D eigenvalue weighted by Crippen LogP contribution is -2.03. The number of isocyanates is 2. The summed E-state index contributed by atoms with van der Waals surface area (Å²) >= 11 is 0. The van der Waals surface area contributed by atoms with Gasteiger partial charge in [-0.3, -0.25) is 0 Å². The largest absolute Gasteiger partial charge is 0.231 e. The number of fused-ring (bicyclic) bond motifs is 2. The predicted octanol–water partition coefficient (Wildman–Crippen LogP) is 5.75. The standard InChI is InChI=1S/C21H26.2CHNO/c1-12(2)15-7-8-17-19(9-15)21-18(14(5)6)10-16(13(3)4)11-20(17)21;2*2-1-3/h7-14H,1-6H3;2*2H. The van der Waals surface area contributed by atoms with Gasteiger partial charge in [0.2, 0.25) is 12.2 Å². The van der Waals surface area contributed by atoms with Gasteiger partial charge in [-0.05, 0) is 55.3 Å². The number of rotatable bonds is 3. The first kappa shape index (κ1) is 22.2. The highest BCUT2D eigenvalue weighted by Crippen LogP contribution is 2.29. The van der Waals surface area contributed by atoms with Crippen LogP contribution in [0.5, 0.6) is 0 Å². The van der Waals surface area contributed by atoms with Gasteiger partial charge in [0.25, 0.3) is 0 Å². The maximum atomic E-state index is 8.35. The van der Waals surface area contributed by atoms with E-state index < -0.39 is 0 Å². The van der Waals surface area contributed by atoms with Gasteiger partial charge in [-0.2, -0.15) is 0 Å². The molecule has 0 saturated heterocycles. The van der Waals surface area contributed by atoms with Gasteiger partial charge in [-0.1, -0.05) is 71.9 Å². The molecule has 2 aromatic rings. The Hall–Kier alpha value is -2.80. The number of nitrogens with one attached hydrogen (secondary N) is 2. The van der Waals surface area contributed by atoms with Crippen LogP contribution in [-0.4, -0.2) is 12.2 Å². The lowest BCUT2D eigenvalue weighted by Gasteiger charge is -2.18. The zero-order valence-corrected chi connectivity index (χ0v) is 16.9. The molecular formula is C23H28N2O2. The van der Waals surface area contributed by atoms with E-state index in [-0.39, 0.29) is 0 Å². The Morgan fingerprint density at radius 3 is 1.59 bits per heavy atom. The number of carbonyl (C=O) groups excluding carboxylic acids is 2. The molecule has 4 nitrogen and oxygen atoms in total. The van der Waals surface area contributed by atoms with Crippen molar-refractivity contribution >= 4 is 12.2 Å². The maximum Gasteiger partial charge on any atom is 0.231 e. The second-order valence-corrected chi connectivity index (χ2v) is 7.51. The Bertz CT molecular complexity index is 1040. The van der Waals surface area contributed by atoms with E-state index in [1.807, 2.05) is 0 Å². The van der Waals surface area contributed by atoms with E-state index in [2.05, 4.69) is 71.9 Å². The van der Waals surface area contributed by atoms with Crippen molar-refractivity contribution < 1.29 is 9.59 Å². The van der Waals surface area contributed by atoms with Gasteiger partial charge in [0, 0.05) is 0 Å². The average molecular weight is 364 g/mol. The van der Waals surface area contributed by atoms with Crippen molar-refractivity contribution in [2.45, 2.75) is 59.3 Å². The van der Waals surface area contributed by atoms with Crippen LogP contribution < -0.4 is 0 Å². The Kier molecular flexibility index (Phi) is 8.05. The molecule has 0 amide bonds. The highest BCUT2D eigenvalue weighted by Gasteiger charge is 2.14. The van der Waals surface area contributed by atoms with Gasteiger partial charge < -0.3 is 0 Å². The third-order valence-electron chi connectivity index (χ3n) is 4.75. The van der Waals surface area contributed by atoms with E-state index >= 15 is 0 Å². The third kappa shape index (κ3) is 4.89. The molecule has 1 aliphatic rings. The highest BCUT2D eigenvalue weighted by molar-refractivity contribution is 5.41. The lowest BCUT2D eigenvalue weighted by molar-refractivity contribution is 0.562. The van der Waals surface area contributed by atoms with Crippen molar-refractivity contribution in [1.29, 1.82) is 10.8 Å².